The summed E-state index contributed by atoms with van der Waals surface area (Å²) < 4.78 is 61.6. The van der Waals surface area contributed by atoms with Crippen LogP contribution in [0.15, 0.2) is 60.8 Å². The summed E-state index contributed by atoms with van der Waals surface area (Å²) >= 11 is 0. The summed E-state index contributed by atoms with van der Waals surface area (Å²) in [5, 5.41) is 5.68. The van der Waals surface area contributed by atoms with Crippen LogP contribution in [0.25, 0.3) is 22.3 Å². The molecular formula is C44H51F2N7O8S. The molecule has 3 aromatic rings. The summed E-state index contributed by atoms with van der Waals surface area (Å²) in [6.45, 7) is -0.399. The second-order valence-corrected chi connectivity index (χ2v) is 19.2. The molecular weight excluding hydrogens is 825 g/mol. The van der Waals surface area contributed by atoms with Crippen LogP contribution in [-0.2, 0) is 29.2 Å². The molecule has 2 aromatic heterocycles. The maximum absolute atomic E-state index is 14.8. The number of fused-ring (bicyclic) bond motifs is 3. The van der Waals surface area contributed by atoms with Crippen molar-refractivity contribution in [1.29, 1.82) is 0 Å². The molecule has 5 amide bonds. The topological polar surface area (TPSA) is 197 Å². The van der Waals surface area contributed by atoms with Crippen LogP contribution in [0, 0.1) is 11.8 Å². The van der Waals surface area contributed by atoms with Crippen molar-refractivity contribution >= 4 is 50.5 Å². The number of rotatable bonds is 9. The number of amides is 5. The number of carbonyl (C=O) groups excluding carboxylic acids is 5. The molecule has 0 radical (unpaired) electrons. The molecule has 2 aliphatic carbocycles. The van der Waals surface area contributed by atoms with E-state index in [1.165, 1.54) is 16.9 Å². The minimum atomic E-state index is -3.96. The third-order valence-electron chi connectivity index (χ3n) is 12.8. The Morgan fingerprint density at radius 2 is 1.79 bits per heavy atom. The normalized spacial score (nSPS) is 26.6. The van der Waals surface area contributed by atoms with Crippen molar-refractivity contribution in [3.05, 3.63) is 66.4 Å². The molecule has 3 N–H and O–H groups in total. The van der Waals surface area contributed by atoms with Gasteiger partial charge in [0.05, 0.1) is 34.8 Å². The van der Waals surface area contributed by atoms with Crippen molar-refractivity contribution in [2.75, 3.05) is 26.7 Å². The summed E-state index contributed by atoms with van der Waals surface area (Å²) in [4.78, 5) is 83.1. The molecule has 18 heteroatoms. The van der Waals surface area contributed by atoms with Gasteiger partial charge in [-0.05, 0) is 81.3 Å². The largest absolute Gasteiger partial charge is 0.497 e. The Morgan fingerprint density at radius 1 is 1.00 bits per heavy atom. The third-order valence-corrected chi connectivity index (χ3v) is 14.6. The van der Waals surface area contributed by atoms with Gasteiger partial charge in [0.2, 0.25) is 27.7 Å². The highest BCUT2D eigenvalue weighted by Crippen LogP contribution is 2.46. The monoisotopic (exact) mass is 875 g/mol. The summed E-state index contributed by atoms with van der Waals surface area (Å²) in [5.41, 5.74) is 0.119. The minimum absolute atomic E-state index is 0.0663. The molecule has 62 heavy (non-hydrogen) atoms. The van der Waals surface area contributed by atoms with E-state index >= 15 is 0 Å². The third kappa shape index (κ3) is 9.29. The summed E-state index contributed by atoms with van der Waals surface area (Å²) in [6.07, 6.45) is 8.05. The smallest absolute Gasteiger partial charge is 0.259 e. The van der Waals surface area contributed by atoms with Gasteiger partial charge < -0.3 is 25.2 Å². The lowest BCUT2D eigenvalue weighted by Gasteiger charge is -2.33. The summed E-state index contributed by atoms with van der Waals surface area (Å²) in [5.74, 6) is -6.80. The lowest BCUT2D eigenvalue weighted by Crippen LogP contribution is -2.57. The lowest BCUT2D eigenvalue weighted by molar-refractivity contribution is -0.147. The second-order valence-electron chi connectivity index (χ2n) is 17.2. The zero-order valence-electron chi connectivity index (χ0n) is 34.5. The van der Waals surface area contributed by atoms with E-state index in [1.54, 1.807) is 48.7 Å². The maximum atomic E-state index is 14.8. The Hall–Kier alpha value is -5.52. The number of pyridine rings is 2. The molecule has 0 bridgehead atoms. The number of ether oxygens (including phenoxy) is 1. The SMILES string of the molecule is COc1ccc2nc(-c3ccccn3)cc(C(=O)N[C@@H]3C[C@H]4C(=O)N[C@]5(C(=O)NS(=O)(=O)C6CC6)C[C@H]5C=CCCCCC[C@H](CC(=O)N5CCC(F)(F)CC5)C(=O)N4C3)c2c1. The second kappa shape index (κ2) is 17.3. The van der Waals surface area contributed by atoms with E-state index in [9.17, 15) is 41.2 Å². The molecule has 0 unspecified atom stereocenters. The van der Waals surface area contributed by atoms with Crippen molar-refractivity contribution in [2.45, 2.75) is 106 Å². The van der Waals surface area contributed by atoms with Crippen LogP contribution < -0.4 is 20.1 Å². The van der Waals surface area contributed by atoms with Crippen molar-refractivity contribution in [3.8, 4) is 17.1 Å². The number of likely N-dealkylation sites (tertiary alicyclic amines) is 1. The number of nitrogens with zero attached hydrogens (tertiary/aromatic N) is 4. The Kier molecular flexibility index (Phi) is 12.1. The first-order valence-corrected chi connectivity index (χ1v) is 22.9. The van der Waals surface area contributed by atoms with E-state index < -0.39 is 93.0 Å². The van der Waals surface area contributed by atoms with Crippen LogP contribution in [0.3, 0.4) is 0 Å². The van der Waals surface area contributed by atoms with Crippen molar-refractivity contribution in [2.24, 2.45) is 11.8 Å². The standard InChI is InChI=1S/C44H51F2N7O8S/c1-61-30-12-15-34-32(23-30)33(24-36(49-34)35-11-7-8-18-47-35)39(55)48-29-22-37-40(56)50-44(42(58)51-62(59,60)31-13-14-31)25-28(44)10-6-4-2-3-5-9-27(41(57)53(37)26-29)21-38(54)52-19-16-43(45,46)17-20-52/h6-8,10-12,15,18,23-24,27-29,31,37H,2-5,9,13-14,16-17,19-22,25-26H2,1H3,(H,48,55)(H,50,56)(H,51,58)/t27-,28-,29-,37+,44-/m1/s1. The van der Waals surface area contributed by atoms with E-state index in [-0.39, 0.29) is 44.5 Å². The van der Waals surface area contributed by atoms with Gasteiger partial charge in [-0.25, -0.2) is 22.2 Å². The summed E-state index contributed by atoms with van der Waals surface area (Å²) in [7, 11) is -2.46. The number of allylic oxidation sites excluding steroid dienone is 1. The van der Waals surface area contributed by atoms with Crippen molar-refractivity contribution in [1.82, 2.24) is 35.1 Å². The first-order chi connectivity index (χ1) is 29.7. The Labute approximate surface area is 358 Å². The van der Waals surface area contributed by atoms with E-state index in [4.69, 9.17) is 9.72 Å². The Balaban J connectivity index is 1.10. The van der Waals surface area contributed by atoms with Gasteiger partial charge in [0.1, 0.15) is 17.3 Å². The number of carbonyl (C=O) groups is 5. The predicted molar refractivity (Wildman–Crippen MR) is 223 cm³/mol. The van der Waals surface area contributed by atoms with Gasteiger partial charge in [-0.1, -0.05) is 31.1 Å². The van der Waals surface area contributed by atoms with Crippen LogP contribution >= 0.6 is 0 Å². The number of methoxy groups -OCH3 is 1. The average Bonchev–Trinajstić information content (AvgIpc) is 4.19. The van der Waals surface area contributed by atoms with Crippen LogP contribution in [0.1, 0.15) is 87.4 Å². The van der Waals surface area contributed by atoms with Gasteiger partial charge in [0.25, 0.3) is 17.7 Å². The van der Waals surface area contributed by atoms with Gasteiger partial charge in [-0.3, -0.25) is 33.7 Å². The molecule has 15 nitrogen and oxygen atoms in total. The molecule has 0 spiro atoms. The van der Waals surface area contributed by atoms with E-state index in [0.717, 1.165) is 6.42 Å². The Bertz CT molecular complexity index is 2390. The first-order valence-electron chi connectivity index (χ1n) is 21.4. The van der Waals surface area contributed by atoms with Crippen molar-refractivity contribution < 1.29 is 45.9 Å². The fraction of sp³-hybridized carbons (Fsp3) is 0.523. The van der Waals surface area contributed by atoms with Gasteiger partial charge in [0, 0.05) is 68.4 Å². The van der Waals surface area contributed by atoms with Gasteiger partial charge in [-0.2, -0.15) is 0 Å². The number of hydrogen-bond acceptors (Lipinski definition) is 10. The van der Waals surface area contributed by atoms with E-state index in [1.807, 2.05) is 12.2 Å². The molecule has 5 atom stereocenters. The van der Waals surface area contributed by atoms with Gasteiger partial charge >= 0.3 is 0 Å². The van der Waals surface area contributed by atoms with E-state index in [2.05, 4.69) is 20.3 Å². The molecule has 3 aliphatic heterocycles. The van der Waals surface area contributed by atoms with Gasteiger partial charge in [0.15, 0.2) is 0 Å². The molecule has 330 valence electrons. The predicted octanol–water partition coefficient (Wildman–Crippen LogP) is 4.27. The maximum Gasteiger partial charge on any atom is 0.259 e. The lowest BCUT2D eigenvalue weighted by atomic mass is 9.94. The minimum Gasteiger partial charge on any atom is -0.497 e. The summed E-state index contributed by atoms with van der Waals surface area (Å²) in [6, 6.07) is 10.1. The fourth-order valence-corrected chi connectivity index (χ4v) is 10.3. The molecule has 2 saturated heterocycles. The number of alkyl halides is 2. The average molecular weight is 876 g/mol. The van der Waals surface area contributed by atoms with Gasteiger partial charge in [-0.15, -0.1) is 0 Å². The highest BCUT2D eigenvalue weighted by Gasteiger charge is 2.62. The quantitative estimate of drug-likeness (QED) is 0.261. The number of sulfonamides is 1. The molecule has 5 aliphatic rings. The number of hydrogen-bond donors (Lipinski definition) is 3. The van der Waals surface area contributed by atoms with Crippen LogP contribution in [0.5, 0.6) is 5.75 Å². The zero-order valence-corrected chi connectivity index (χ0v) is 35.3. The number of benzene rings is 1. The zero-order chi connectivity index (χ0) is 43.8. The fourth-order valence-electron chi connectivity index (χ4n) is 8.89. The highest BCUT2D eigenvalue weighted by atomic mass is 32.2. The number of piperidine rings is 1. The molecule has 1 aromatic carbocycles. The highest BCUT2D eigenvalue weighted by molar-refractivity contribution is 7.91. The molecule has 8 rings (SSSR count). The number of nitrogens with one attached hydrogen (secondary N) is 3. The van der Waals surface area contributed by atoms with Crippen LogP contribution in [0.4, 0.5) is 8.78 Å². The molecule has 2 saturated carbocycles. The van der Waals surface area contributed by atoms with Crippen molar-refractivity contribution in [3.63, 3.8) is 0 Å². The van der Waals surface area contributed by atoms with Crippen LogP contribution in [-0.4, -0.2) is 113 Å². The first kappa shape index (κ1) is 43.1. The van der Waals surface area contributed by atoms with E-state index in [0.29, 0.717) is 66.6 Å². The Morgan fingerprint density at radius 3 is 2.52 bits per heavy atom. The van der Waals surface area contributed by atoms with Crippen LogP contribution in [0.2, 0.25) is 0 Å². The molecule has 5 heterocycles. The number of aromatic nitrogens is 2. The number of halogens is 2. The molecule has 4 fully saturated rings.